The summed E-state index contributed by atoms with van der Waals surface area (Å²) in [7, 11) is 0. The topological polar surface area (TPSA) is 15.3 Å². The van der Waals surface area contributed by atoms with E-state index in [4.69, 9.17) is 0 Å². The number of likely N-dealkylation sites (tertiary alicyclic amines) is 1. The lowest BCUT2D eigenvalue weighted by Crippen LogP contribution is -2.44. The molecule has 0 aromatic carbocycles. The number of nitrogens with one attached hydrogen (secondary N) is 1. The van der Waals surface area contributed by atoms with Gasteiger partial charge in [-0.2, -0.15) is 0 Å². The molecule has 0 aromatic rings. The van der Waals surface area contributed by atoms with Gasteiger partial charge in [-0.05, 0) is 51.1 Å². The molecule has 19 heavy (non-hydrogen) atoms. The maximum atomic E-state index is 14.3. The normalized spacial score (nSPS) is 24.6. The summed E-state index contributed by atoms with van der Waals surface area (Å²) in [6.07, 6.45) is 5.84. The van der Waals surface area contributed by atoms with Crippen LogP contribution in [0.5, 0.6) is 0 Å². The Hall–Kier alpha value is -0.150. The average molecular weight is 272 g/mol. The van der Waals surface area contributed by atoms with Crippen molar-refractivity contribution in [1.82, 2.24) is 10.2 Å². The molecule has 0 atom stereocenters. The fourth-order valence-electron chi connectivity index (χ4n) is 3.26. The maximum Gasteiger partial charge on any atom is 0.113 e. The first-order valence-electron chi connectivity index (χ1n) is 8.34. The van der Waals surface area contributed by atoms with Gasteiger partial charge in [0.2, 0.25) is 0 Å². The van der Waals surface area contributed by atoms with E-state index in [1.54, 1.807) is 0 Å². The van der Waals surface area contributed by atoms with Crippen LogP contribution in [0.15, 0.2) is 0 Å². The molecule has 0 aromatic heterocycles. The van der Waals surface area contributed by atoms with Crippen molar-refractivity contribution in [2.75, 3.05) is 32.7 Å². The molecule has 0 unspecified atom stereocenters. The predicted octanol–water partition coefficient (Wildman–Crippen LogP) is 3.62. The molecule has 0 bridgehead atoms. The monoisotopic (exact) mass is 272 g/mol. The molecule has 0 spiro atoms. The number of rotatable bonds is 4. The summed E-state index contributed by atoms with van der Waals surface area (Å²) >= 11 is 0. The molecule has 114 valence electrons. The Morgan fingerprint density at radius 3 is 2.26 bits per heavy atom. The number of hydrogen-bond donors (Lipinski definition) is 1. The molecular weight excluding hydrogens is 239 g/mol. The van der Waals surface area contributed by atoms with Gasteiger partial charge in [0.25, 0.3) is 0 Å². The van der Waals surface area contributed by atoms with Crippen molar-refractivity contribution in [3.05, 3.63) is 0 Å². The quantitative estimate of drug-likeness (QED) is 0.841. The summed E-state index contributed by atoms with van der Waals surface area (Å²) < 4.78 is 14.3. The highest BCUT2D eigenvalue weighted by atomic mass is 19.1. The molecule has 2 nitrogen and oxygen atoms in total. The van der Waals surface area contributed by atoms with E-state index in [1.807, 2.05) is 13.8 Å². The van der Waals surface area contributed by atoms with Crippen LogP contribution in [0.25, 0.3) is 0 Å². The molecule has 2 aliphatic rings. The largest absolute Gasteiger partial charge is 0.317 e. The van der Waals surface area contributed by atoms with E-state index in [1.165, 1.54) is 32.5 Å². The number of hydrogen-bond acceptors (Lipinski definition) is 2. The zero-order valence-electron chi connectivity index (χ0n) is 13.2. The van der Waals surface area contributed by atoms with Gasteiger partial charge in [0.15, 0.2) is 0 Å². The van der Waals surface area contributed by atoms with Crippen molar-refractivity contribution < 1.29 is 4.39 Å². The third-order valence-corrected chi connectivity index (χ3v) is 4.43. The summed E-state index contributed by atoms with van der Waals surface area (Å²) in [5.41, 5.74) is -0.848. The number of halogens is 1. The van der Waals surface area contributed by atoms with Crippen molar-refractivity contribution in [3.63, 3.8) is 0 Å². The lowest BCUT2D eigenvalue weighted by molar-refractivity contribution is 0.0417. The van der Waals surface area contributed by atoms with Gasteiger partial charge in [0.05, 0.1) is 0 Å². The van der Waals surface area contributed by atoms with Gasteiger partial charge >= 0.3 is 0 Å². The lowest BCUT2D eigenvalue weighted by Gasteiger charge is -2.38. The van der Waals surface area contributed by atoms with Crippen LogP contribution in [0.1, 0.15) is 59.3 Å². The van der Waals surface area contributed by atoms with Gasteiger partial charge in [-0.1, -0.05) is 27.2 Å². The molecule has 2 rings (SSSR count). The van der Waals surface area contributed by atoms with Crippen LogP contribution >= 0.6 is 0 Å². The maximum absolute atomic E-state index is 14.3. The predicted molar refractivity (Wildman–Crippen MR) is 81.4 cm³/mol. The Morgan fingerprint density at radius 2 is 1.74 bits per heavy atom. The molecule has 0 amide bonds. The molecule has 1 N–H and O–H groups in total. The Bertz CT molecular complexity index is 219. The zero-order chi connectivity index (χ0) is 14.1. The third-order valence-electron chi connectivity index (χ3n) is 4.43. The van der Waals surface area contributed by atoms with Crippen LogP contribution in [0, 0.1) is 5.92 Å². The minimum Gasteiger partial charge on any atom is -0.317 e. The number of nitrogens with zero attached hydrogens (tertiary/aromatic N) is 1. The molecule has 3 heteroatoms. The molecular formula is C16H33FN2. The van der Waals surface area contributed by atoms with Crippen LogP contribution in [0.3, 0.4) is 0 Å². The van der Waals surface area contributed by atoms with Crippen LogP contribution in [0.4, 0.5) is 4.39 Å². The van der Waals surface area contributed by atoms with Crippen LogP contribution in [-0.4, -0.2) is 43.3 Å². The van der Waals surface area contributed by atoms with Gasteiger partial charge in [-0.3, -0.25) is 0 Å². The van der Waals surface area contributed by atoms with Crippen LogP contribution in [-0.2, 0) is 0 Å². The molecule has 0 aliphatic carbocycles. The number of alkyl halides is 1. The summed E-state index contributed by atoms with van der Waals surface area (Å²) in [4.78, 5) is 2.49. The highest BCUT2D eigenvalue weighted by Gasteiger charge is 2.33. The highest BCUT2D eigenvalue weighted by molar-refractivity contribution is 4.87. The van der Waals surface area contributed by atoms with Crippen LogP contribution in [0.2, 0.25) is 0 Å². The van der Waals surface area contributed by atoms with E-state index >= 15 is 0 Å². The fraction of sp³-hybridized carbons (Fsp3) is 1.00. The lowest BCUT2D eigenvalue weighted by atomic mass is 9.88. The van der Waals surface area contributed by atoms with E-state index in [0.717, 1.165) is 44.7 Å². The zero-order valence-corrected chi connectivity index (χ0v) is 13.2. The van der Waals surface area contributed by atoms with Crippen molar-refractivity contribution in [3.8, 4) is 0 Å². The van der Waals surface area contributed by atoms with E-state index in [2.05, 4.69) is 17.1 Å². The number of piperidine rings is 2. The average Bonchev–Trinajstić information content (AvgIpc) is 2.45. The Kier molecular flexibility index (Phi) is 7.93. The molecule has 0 radical (unpaired) electrons. The second-order valence-electron chi connectivity index (χ2n) is 5.89. The smallest absolute Gasteiger partial charge is 0.113 e. The summed E-state index contributed by atoms with van der Waals surface area (Å²) in [5.74, 6) is 0.842. The fourth-order valence-corrected chi connectivity index (χ4v) is 3.26. The first-order chi connectivity index (χ1) is 9.22. The Labute approximate surface area is 119 Å². The van der Waals surface area contributed by atoms with E-state index in [0.29, 0.717) is 0 Å². The first-order valence-corrected chi connectivity index (χ1v) is 8.34. The van der Waals surface area contributed by atoms with Gasteiger partial charge in [-0.25, -0.2) is 4.39 Å². The highest BCUT2D eigenvalue weighted by Crippen LogP contribution is 2.31. The van der Waals surface area contributed by atoms with Crippen LogP contribution < -0.4 is 5.32 Å². The summed E-state index contributed by atoms with van der Waals surface area (Å²) in [6.45, 7) is 11.6. The summed E-state index contributed by atoms with van der Waals surface area (Å²) in [5, 5.41) is 3.40. The first kappa shape index (κ1) is 16.9. The second kappa shape index (κ2) is 8.91. The Morgan fingerprint density at radius 1 is 1.16 bits per heavy atom. The molecule has 2 saturated heterocycles. The van der Waals surface area contributed by atoms with E-state index < -0.39 is 5.67 Å². The molecule has 2 fully saturated rings. The van der Waals surface area contributed by atoms with E-state index in [9.17, 15) is 4.39 Å². The molecule has 0 saturated carbocycles. The van der Waals surface area contributed by atoms with Gasteiger partial charge < -0.3 is 10.2 Å². The van der Waals surface area contributed by atoms with Gasteiger partial charge in [0.1, 0.15) is 5.67 Å². The van der Waals surface area contributed by atoms with Gasteiger partial charge in [0, 0.05) is 19.6 Å². The van der Waals surface area contributed by atoms with Crippen molar-refractivity contribution in [2.24, 2.45) is 5.92 Å². The minimum absolute atomic E-state index is 0.756. The Balaban J connectivity index is 0.000000861. The van der Waals surface area contributed by atoms with Crippen molar-refractivity contribution in [1.29, 1.82) is 0 Å². The molecule has 2 aliphatic heterocycles. The van der Waals surface area contributed by atoms with E-state index in [-0.39, 0.29) is 0 Å². The standard InChI is InChI=1S/C14H27FN2.C2H6/c1-2-5-14(15)6-10-17(11-7-14)12-13-3-8-16-9-4-13;1-2/h13,16H,2-12H2,1H3;1-2H3. The SMILES string of the molecule is CC.CCCC1(F)CCN(CC2CCNCC2)CC1. The van der Waals surface area contributed by atoms with Crippen molar-refractivity contribution in [2.45, 2.75) is 65.0 Å². The van der Waals surface area contributed by atoms with Crippen molar-refractivity contribution >= 4 is 0 Å². The second-order valence-corrected chi connectivity index (χ2v) is 5.89. The third kappa shape index (κ3) is 5.78. The van der Waals surface area contributed by atoms with Gasteiger partial charge in [-0.15, -0.1) is 0 Å². The minimum atomic E-state index is -0.848. The molecule has 2 heterocycles. The summed E-state index contributed by atoms with van der Waals surface area (Å²) in [6, 6.07) is 0.